The summed E-state index contributed by atoms with van der Waals surface area (Å²) in [5.41, 5.74) is -1.80. The topological polar surface area (TPSA) is 94.4 Å². The first-order valence-corrected chi connectivity index (χ1v) is 7.92. The van der Waals surface area contributed by atoms with Gasteiger partial charge in [0, 0.05) is 6.07 Å². The van der Waals surface area contributed by atoms with Crippen LogP contribution in [-0.4, -0.2) is 28.5 Å². The summed E-state index contributed by atoms with van der Waals surface area (Å²) in [5, 5.41) is 13.5. The molecule has 0 aliphatic carbocycles. The van der Waals surface area contributed by atoms with E-state index in [0.717, 1.165) is 18.3 Å². The van der Waals surface area contributed by atoms with Gasteiger partial charge in [0.05, 0.1) is 22.1 Å². The zero-order valence-corrected chi connectivity index (χ0v) is 14.2. The predicted octanol–water partition coefficient (Wildman–Crippen LogP) is 4.06. The Hall–Kier alpha value is -3.17. The number of alkyl halides is 3. The summed E-state index contributed by atoms with van der Waals surface area (Å²) in [7, 11) is 0. The van der Waals surface area contributed by atoms with Gasteiger partial charge in [-0.2, -0.15) is 13.2 Å². The molecule has 144 valence electrons. The van der Waals surface area contributed by atoms with Gasteiger partial charge in [0.15, 0.2) is 0 Å². The molecule has 0 radical (unpaired) electrons. The van der Waals surface area contributed by atoms with E-state index in [1.165, 1.54) is 24.3 Å². The van der Waals surface area contributed by atoms with E-state index in [4.69, 9.17) is 4.74 Å². The molecule has 0 fully saturated rings. The molecule has 0 aliphatic rings. The molecule has 0 saturated carbocycles. The van der Waals surface area contributed by atoms with Gasteiger partial charge in [0.2, 0.25) is 0 Å². The highest BCUT2D eigenvalue weighted by Gasteiger charge is 2.35. The van der Waals surface area contributed by atoms with E-state index in [2.05, 4.69) is 10.3 Å². The number of nitro groups is 1. The van der Waals surface area contributed by atoms with E-state index in [0.29, 0.717) is 12.2 Å². The number of esters is 1. The molecule has 1 N–H and O–H groups in total. The Bertz CT molecular complexity index is 810. The second kappa shape index (κ2) is 8.47. The Labute approximate surface area is 152 Å². The molecule has 0 saturated heterocycles. The lowest BCUT2D eigenvalue weighted by atomic mass is 10.1. The van der Waals surface area contributed by atoms with Crippen LogP contribution < -0.4 is 5.32 Å². The molecule has 1 heterocycles. The van der Waals surface area contributed by atoms with Gasteiger partial charge in [0.1, 0.15) is 18.6 Å². The van der Waals surface area contributed by atoms with Crippen LogP contribution in [0.15, 0.2) is 42.6 Å². The molecule has 2 aromatic rings. The highest BCUT2D eigenvalue weighted by atomic mass is 19.4. The maximum Gasteiger partial charge on any atom is 0.417 e. The number of ether oxygens (including phenoxy) is 1. The molecule has 0 amide bonds. The molecule has 7 nitrogen and oxygen atoms in total. The van der Waals surface area contributed by atoms with Crippen molar-refractivity contribution in [2.75, 3.05) is 11.9 Å². The summed E-state index contributed by atoms with van der Waals surface area (Å²) in [6.07, 6.45) is -3.12. The zero-order valence-electron chi connectivity index (χ0n) is 14.2. The summed E-state index contributed by atoms with van der Waals surface area (Å²) >= 11 is 0. The number of rotatable bonds is 7. The standard InChI is InChI=1S/C17H16F3N3O4/c1-2-11(22-15-8-7-12(9-21-15)23(25)26)10-27-16(24)13-5-3-4-6-14(13)17(18,19)20/h3-9,11H,2,10H2,1H3,(H,21,22). The van der Waals surface area contributed by atoms with Gasteiger partial charge in [-0.15, -0.1) is 0 Å². The van der Waals surface area contributed by atoms with Crippen molar-refractivity contribution in [1.29, 1.82) is 0 Å². The Morgan fingerprint density at radius 1 is 1.30 bits per heavy atom. The lowest BCUT2D eigenvalue weighted by Crippen LogP contribution is -2.27. The maximum atomic E-state index is 13.0. The van der Waals surface area contributed by atoms with E-state index >= 15 is 0 Å². The number of hydrogen-bond donors (Lipinski definition) is 1. The molecule has 1 atom stereocenters. The molecule has 27 heavy (non-hydrogen) atoms. The first-order chi connectivity index (χ1) is 12.7. The molecule has 0 aliphatic heterocycles. The fraction of sp³-hybridized carbons (Fsp3) is 0.294. The van der Waals surface area contributed by atoms with Crippen LogP contribution in [0.3, 0.4) is 0 Å². The van der Waals surface area contributed by atoms with Crippen LogP contribution in [0.1, 0.15) is 29.3 Å². The van der Waals surface area contributed by atoms with Crippen molar-refractivity contribution in [3.05, 3.63) is 63.8 Å². The number of anilines is 1. The van der Waals surface area contributed by atoms with Gasteiger partial charge in [-0.25, -0.2) is 9.78 Å². The normalized spacial score (nSPS) is 12.3. The van der Waals surface area contributed by atoms with Crippen LogP contribution >= 0.6 is 0 Å². The van der Waals surface area contributed by atoms with E-state index in [9.17, 15) is 28.1 Å². The number of hydrogen-bond acceptors (Lipinski definition) is 6. The maximum absolute atomic E-state index is 13.0. The smallest absolute Gasteiger partial charge is 0.417 e. The summed E-state index contributed by atoms with van der Waals surface area (Å²) in [5.74, 6) is -0.765. The quantitative estimate of drug-likeness (QED) is 0.440. The van der Waals surface area contributed by atoms with Gasteiger partial charge in [-0.1, -0.05) is 19.1 Å². The highest BCUT2D eigenvalue weighted by Crippen LogP contribution is 2.32. The molecule has 1 aromatic heterocycles. The number of carbonyl (C=O) groups excluding carboxylic acids is 1. The zero-order chi connectivity index (χ0) is 20.0. The lowest BCUT2D eigenvalue weighted by molar-refractivity contribution is -0.385. The summed E-state index contributed by atoms with van der Waals surface area (Å²) < 4.78 is 43.9. The van der Waals surface area contributed by atoms with Crippen molar-refractivity contribution < 1.29 is 27.6 Å². The van der Waals surface area contributed by atoms with Crippen molar-refractivity contribution in [3.63, 3.8) is 0 Å². The van der Waals surface area contributed by atoms with Gasteiger partial charge in [-0.05, 0) is 24.6 Å². The van der Waals surface area contributed by atoms with Crippen molar-refractivity contribution in [2.45, 2.75) is 25.6 Å². The second-order valence-corrected chi connectivity index (χ2v) is 5.55. The number of nitrogens with one attached hydrogen (secondary N) is 1. The van der Waals surface area contributed by atoms with Crippen molar-refractivity contribution >= 4 is 17.5 Å². The minimum Gasteiger partial charge on any atom is -0.460 e. The van der Waals surface area contributed by atoms with Gasteiger partial charge in [-0.3, -0.25) is 10.1 Å². The average Bonchev–Trinajstić information content (AvgIpc) is 2.64. The van der Waals surface area contributed by atoms with Crippen molar-refractivity contribution in [2.24, 2.45) is 0 Å². The molecule has 2 rings (SSSR count). The molecular weight excluding hydrogens is 367 g/mol. The fourth-order valence-corrected chi connectivity index (χ4v) is 2.21. The first kappa shape index (κ1) is 20.1. The predicted molar refractivity (Wildman–Crippen MR) is 90.3 cm³/mol. The molecule has 1 aromatic carbocycles. The van der Waals surface area contributed by atoms with Gasteiger partial charge >= 0.3 is 12.1 Å². The summed E-state index contributed by atoms with van der Waals surface area (Å²) in [6, 6.07) is 6.60. The molecular formula is C17H16F3N3O4. The van der Waals surface area contributed by atoms with Crippen molar-refractivity contribution in [1.82, 2.24) is 4.98 Å². The fourth-order valence-electron chi connectivity index (χ4n) is 2.21. The average molecular weight is 383 g/mol. The summed E-state index contributed by atoms with van der Waals surface area (Å²) in [6.45, 7) is 1.58. The largest absolute Gasteiger partial charge is 0.460 e. The third-order valence-corrected chi connectivity index (χ3v) is 3.67. The van der Waals surface area contributed by atoms with E-state index < -0.39 is 34.2 Å². The van der Waals surface area contributed by atoms with E-state index in [-0.39, 0.29) is 12.3 Å². The Kier molecular flexibility index (Phi) is 6.32. The monoisotopic (exact) mass is 383 g/mol. The molecule has 0 spiro atoms. The Balaban J connectivity index is 2.02. The SMILES string of the molecule is CCC(COC(=O)c1ccccc1C(F)(F)F)Nc1ccc([N+](=O)[O-])cn1. The number of nitrogens with zero attached hydrogens (tertiary/aromatic N) is 2. The lowest BCUT2D eigenvalue weighted by Gasteiger charge is -2.18. The van der Waals surface area contributed by atoms with Crippen LogP contribution in [-0.2, 0) is 10.9 Å². The second-order valence-electron chi connectivity index (χ2n) is 5.55. The molecule has 1 unspecified atom stereocenters. The number of pyridine rings is 1. The first-order valence-electron chi connectivity index (χ1n) is 7.92. The number of aromatic nitrogens is 1. The van der Waals surface area contributed by atoms with Crippen LogP contribution in [0.25, 0.3) is 0 Å². The van der Waals surface area contributed by atoms with Crippen LogP contribution in [0, 0.1) is 10.1 Å². The van der Waals surface area contributed by atoms with Crippen LogP contribution in [0.2, 0.25) is 0 Å². The molecule has 10 heteroatoms. The Morgan fingerprint density at radius 3 is 2.56 bits per heavy atom. The Morgan fingerprint density at radius 2 is 2.00 bits per heavy atom. The van der Waals surface area contributed by atoms with E-state index in [1.807, 2.05) is 0 Å². The minimum absolute atomic E-state index is 0.177. The third kappa shape index (κ3) is 5.40. The minimum atomic E-state index is -4.67. The van der Waals surface area contributed by atoms with Gasteiger partial charge in [0.25, 0.3) is 5.69 Å². The highest BCUT2D eigenvalue weighted by molar-refractivity contribution is 5.91. The molecule has 0 bridgehead atoms. The van der Waals surface area contributed by atoms with E-state index in [1.54, 1.807) is 6.92 Å². The van der Waals surface area contributed by atoms with Gasteiger partial charge < -0.3 is 10.1 Å². The van der Waals surface area contributed by atoms with Crippen LogP contribution in [0.5, 0.6) is 0 Å². The third-order valence-electron chi connectivity index (χ3n) is 3.67. The van der Waals surface area contributed by atoms with Crippen molar-refractivity contribution in [3.8, 4) is 0 Å². The number of halogens is 3. The number of benzene rings is 1. The summed E-state index contributed by atoms with van der Waals surface area (Å²) in [4.78, 5) is 26.0. The van der Waals surface area contributed by atoms with Crippen LogP contribution in [0.4, 0.5) is 24.7 Å². The number of carbonyl (C=O) groups is 1.